The van der Waals surface area contributed by atoms with E-state index in [9.17, 15) is 13.2 Å². The van der Waals surface area contributed by atoms with Gasteiger partial charge < -0.3 is 5.32 Å². The molecule has 0 fully saturated rings. The summed E-state index contributed by atoms with van der Waals surface area (Å²) in [5.74, 6) is 0. The Morgan fingerprint density at radius 3 is 2.45 bits per heavy atom. The van der Waals surface area contributed by atoms with E-state index in [1.54, 1.807) is 6.21 Å². The average molecular weight is 323 g/mol. The van der Waals surface area contributed by atoms with Crippen LogP contribution in [-0.4, -0.2) is 11.3 Å². The Labute approximate surface area is 130 Å². The van der Waals surface area contributed by atoms with E-state index < -0.39 is 11.7 Å². The highest BCUT2D eigenvalue weighted by Gasteiger charge is 2.30. The summed E-state index contributed by atoms with van der Waals surface area (Å²) < 4.78 is 37.8. The number of halogens is 3. The lowest BCUT2D eigenvalue weighted by Crippen LogP contribution is -2.24. The summed E-state index contributed by atoms with van der Waals surface area (Å²) in [4.78, 5) is 0. The summed E-state index contributed by atoms with van der Waals surface area (Å²) in [6.07, 6.45) is -2.84. The fourth-order valence-corrected chi connectivity index (χ4v) is 1.81. The fourth-order valence-electron chi connectivity index (χ4n) is 1.64. The number of rotatable bonds is 3. The molecule has 0 aliphatic heterocycles. The zero-order valence-electron chi connectivity index (χ0n) is 11.3. The van der Waals surface area contributed by atoms with Gasteiger partial charge in [0.2, 0.25) is 0 Å². The average Bonchev–Trinajstić information content (AvgIpc) is 2.48. The molecule has 0 saturated heterocycles. The molecule has 2 N–H and O–H groups in total. The van der Waals surface area contributed by atoms with Gasteiger partial charge in [0.25, 0.3) is 0 Å². The summed E-state index contributed by atoms with van der Waals surface area (Å²) in [6, 6.07) is 14.1. The number of hydrogen-bond acceptors (Lipinski definition) is 2. The van der Waals surface area contributed by atoms with Crippen LogP contribution in [0.4, 0.5) is 18.9 Å². The van der Waals surface area contributed by atoms with Crippen LogP contribution in [0.2, 0.25) is 0 Å². The van der Waals surface area contributed by atoms with Gasteiger partial charge in [0, 0.05) is 5.69 Å². The fraction of sp³-hybridized carbons (Fsp3) is 0.0667. The van der Waals surface area contributed by atoms with Gasteiger partial charge in [-0.05, 0) is 36.0 Å². The summed E-state index contributed by atoms with van der Waals surface area (Å²) in [5, 5.41) is 6.66. The number of nitrogens with zero attached hydrogens (tertiary/aromatic N) is 1. The van der Waals surface area contributed by atoms with Crippen molar-refractivity contribution in [2.75, 3.05) is 5.32 Å². The molecule has 0 aliphatic carbocycles. The molecule has 2 aromatic rings. The van der Waals surface area contributed by atoms with Gasteiger partial charge in [-0.1, -0.05) is 36.4 Å². The van der Waals surface area contributed by atoms with E-state index in [1.807, 2.05) is 30.3 Å². The molecular formula is C15H12F3N3S. The van der Waals surface area contributed by atoms with Gasteiger partial charge in [0.15, 0.2) is 5.11 Å². The van der Waals surface area contributed by atoms with E-state index in [0.29, 0.717) is 0 Å². The Bertz CT molecular complexity index is 669. The van der Waals surface area contributed by atoms with Crippen molar-refractivity contribution in [3.05, 3.63) is 65.7 Å². The van der Waals surface area contributed by atoms with Crippen LogP contribution in [0.1, 0.15) is 11.1 Å². The van der Waals surface area contributed by atoms with Crippen molar-refractivity contribution in [1.82, 2.24) is 5.43 Å². The smallest absolute Gasteiger partial charge is 0.331 e. The zero-order valence-corrected chi connectivity index (χ0v) is 12.1. The SMILES string of the molecule is FC(F)(F)c1cccc(NC(=S)N/N=C\c2ccccc2)c1. The highest BCUT2D eigenvalue weighted by atomic mass is 32.1. The first-order chi connectivity index (χ1) is 10.4. The quantitative estimate of drug-likeness (QED) is 0.509. The van der Waals surface area contributed by atoms with Crippen molar-refractivity contribution >= 4 is 29.2 Å². The Morgan fingerprint density at radius 2 is 1.77 bits per heavy atom. The van der Waals surface area contributed by atoms with Crippen LogP contribution in [0.25, 0.3) is 0 Å². The largest absolute Gasteiger partial charge is 0.416 e. The van der Waals surface area contributed by atoms with E-state index in [2.05, 4.69) is 15.8 Å². The second-order valence-electron chi connectivity index (χ2n) is 4.31. The van der Waals surface area contributed by atoms with Crippen LogP contribution in [0, 0.1) is 0 Å². The van der Waals surface area contributed by atoms with Crippen molar-refractivity contribution in [1.29, 1.82) is 0 Å². The molecule has 0 heterocycles. The second-order valence-corrected chi connectivity index (χ2v) is 4.72. The molecule has 22 heavy (non-hydrogen) atoms. The number of benzene rings is 2. The molecule has 0 aliphatic rings. The van der Waals surface area contributed by atoms with Gasteiger partial charge in [0.1, 0.15) is 0 Å². The molecule has 0 amide bonds. The lowest BCUT2D eigenvalue weighted by Gasteiger charge is -2.10. The van der Waals surface area contributed by atoms with Crippen molar-refractivity contribution in [2.24, 2.45) is 5.10 Å². The summed E-state index contributed by atoms with van der Waals surface area (Å²) in [6.45, 7) is 0. The minimum absolute atomic E-state index is 0.103. The molecule has 0 bridgehead atoms. The summed E-state index contributed by atoms with van der Waals surface area (Å²) >= 11 is 4.97. The minimum Gasteiger partial charge on any atom is -0.331 e. The molecule has 0 saturated carbocycles. The minimum atomic E-state index is -4.39. The second kappa shape index (κ2) is 7.04. The number of hydrogen-bond donors (Lipinski definition) is 2. The van der Waals surface area contributed by atoms with Gasteiger partial charge in [-0.2, -0.15) is 18.3 Å². The van der Waals surface area contributed by atoms with Crippen LogP contribution in [0.5, 0.6) is 0 Å². The summed E-state index contributed by atoms with van der Waals surface area (Å²) in [7, 11) is 0. The van der Waals surface area contributed by atoms with E-state index >= 15 is 0 Å². The Hall–Kier alpha value is -2.41. The number of thiocarbonyl (C=S) groups is 1. The number of nitrogens with one attached hydrogen (secondary N) is 2. The maximum absolute atomic E-state index is 12.6. The normalized spacial score (nSPS) is 11.4. The lowest BCUT2D eigenvalue weighted by molar-refractivity contribution is -0.137. The van der Waals surface area contributed by atoms with Gasteiger partial charge in [-0.15, -0.1) is 0 Å². The first-order valence-electron chi connectivity index (χ1n) is 6.27. The van der Waals surface area contributed by atoms with Gasteiger partial charge in [-0.25, -0.2) is 0 Å². The summed E-state index contributed by atoms with van der Waals surface area (Å²) in [5.41, 5.74) is 2.91. The number of alkyl halides is 3. The van der Waals surface area contributed by atoms with E-state index in [0.717, 1.165) is 17.7 Å². The van der Waals surface area contributed by atoms with Crippen LogP contribution in [0.15, 0.2) is 59.7 Å². The van der Waals surface area contributed by atoms with E-state index in [1.165, 1.54) is 12.1 Å². The number of anilines is 1. The van der Waals surface area contributed by atoms with Gasteiger partial charge >= 0.3 is 6.18 Å². The first-order valence-corrected chi connectivity index (χ1v) is 6.68. The van der Waals surface area contributed by atoms with Gasteiger partial charge in [-0.3, -0.25) is 5.43 Å². The molecule has 2 rings (SSSR count). The predicted molar refractivity (Wildman–Crippen MR) is 84.8 cm³/mol. The third kappa shape index (κ3) is 4.85. The van der Waals surface area contributed by atoms with Crippen molar-refractivity contribution < 1.29 is 13.2 Å². The Balaban J connectivity index is 1.94. The molecular weight excluding hydrogens is 311 g/mol. The molecule has 0 unspecified atom stereocenters. The molecule has 2 aromatic carbocycles. The third-order valence-corrected chi connectivity index (χ3v) is 2.82. The third-order valence-electron chi connectivity index (χ3n) is 2.63. The molecule has 0 radical (unpaired) electrons. The van der Waals surface area contributed by atoms with Crippen LogP contribution in [0.3, 0.4) is 0 Å². The molecule has 7 heteroatoms. The van der Waals surface area contributed by atoms with E-state index in [-0.39, 0.29) is 10.8 Å². The van der Waals surface area contributed by atoms with Crippen LogP contribution >= 0.6 is 12.2 Å². The van der Waals surface area contributed by atoms with Crippen LogP contribution < -0.4 is 10.7 Å². The molecule has 0 spiro atoms. The van der Waals surface area contributed by atoms with Crippen LogP contribution in [-0.2, 0) is 6.18 Å². The van der Waals surface area contributed by atoms with Gasteiger partial charge in [0.05, 0.1) is 11.8 Å². The van der Waals surface area contributed by atoms with Crippen molar-refractivity contribution in [3.63, 3.8) is 0 Å². The highest BCUT2D eigenvalue weighted by Crippen LogP contribution is 2.30. The van der Waals surface area contributed by atoms with Crippen molar-refractivity contribution in [3.8, 4) is 0 Å². The standard InChI is InChI=1S/C15H12F3N3S/c16-15(17,18)12-7-4-8-13(9-12)20-14(22)21-19-10-11-5-2-1-3-6-11/h1-10H,(H2,20,21,22)/b19-10-. The Kier molecular flexibility index (Phi) is 5.11. The molecule has 3 nitrogen and oxygen atoms in total. The van der Waals surface area contributed by atoms with Crippen molar-refractivity contribution in [2.45, 2.75) is 6.18 Å². The maximum Gasteiger partial charge on any atom is 0.416 e. The predicted octanol–water partition coefficient (Wildman–Crippen LogP) is 4.03. The topological polar surface area (TPSA) is 36.4 Å². The van der Waals surface area contributed by atoms with E-state index in [4.69, 9.17) is 12.2 Å². The number of hydrazone groups is 1. The highest BCUT2D eigenvalue weighted by molar-refractivity contribution is 7.80. The zero-order chi connectivity index (χ0) is 16.0. The molecule has 0 aromatic heterocycles. The lowest BCUT2D eigenvalue weighted by atomic mass is 10.2. The Morgan fingerprint density at radius 1 is 1.05 bits per heavy atom. The molecule has 0 atom stereocenters. The maximum atomic E-state index is 12.6. The monoisotopic (exact) mass is 323 g/mol. The first kappa shape index (κ1) is 16.0. The molecule has 114 valence electrons.